The monoisotopic (exact) mass is 251 g/mol. The largest absolute Gasteiger partial charge is 0.396 e. The van der Waals surface area contributed by atoms with Gasteiger partial charge in [-0.05, 0) is 24.6 Å². The molecule has 72 valence electrons. The predicted octanol–water partition coefficient (Wildman–Crippen LogP) is 2.53. The molecule has 2 aromatic rings. The summed E-state index contributed by atoms with van der Waals surface area (Å²) in [7, 11) is 0. The van der Waals surface area contributed by atoms with Gasteiger partial charge < -0.3 is 5.73 Å². The van der Waals surface area contributed by atoms with Crippen LogP contribution in [0.1, 0.15) is 5.56 Å². The van der Waals surface area contributed by atoms with E-state index in [1.807, 2.05) is 25.1 Å². The second-order valence-corrected chi connectivity index (χ2v) is 4.06. The summed E-state index contributed by atoms with van der Waals surface area (Å²) in [6, 6.07) is 6.06. The first-order chi connectivity index (χ1) is 6.66. The highest BCUT2D eigenvalue weighted by Gasteiger charge is 2.02. The Labute approximate surface area is 90.7 Å². The number of aromatic nitrogens is 2. The molecule has 0 aliphatic carbocycles. The number of nitrogen functional groups attached to an aromatic ring is 1. The number of aryl methyl sites for hydroxylation is 1. The topological polar surface area (TPSA) is 43.8 Å². The fourth-order valence-electron chi connectivity index (χ4n) is 1.30. The number of nitrogens with zero attached hydrogens (tertiary/aromatic N) is 2. The maximum absolute atomic E-state index is 5.61. The smallest absolute Gasteiger partial charge is 0.0724 e. The molecule has 14 heavy (non-hydrogen) atoms. The van der Waals surface area contributed by atoms with Gasteiger partial charge in [-0.25, -0.2) is 4.68 Å². The number of nitrogens with two attached hydrogens (primary N) is 1. The van der Waals surface area contributed by atoms with Crippen LogP contribution in [0.5, 0.6) is 0 Å². The Morgan fingerprint density at radius 3 is 2.86 bits per heavy atom. The first-order valence-electron chi connectivity index (χ1n) is 4.23. The van der Waals surface area contributed by atoms with Gasteiger partial charge in [-0.15, -0.1) is 0 Å². The van der Waals surface area contributed by atoms with Crippen LogP contribution in [0.4, 0.5) is 5.69 Å². The summed E-state index contributed by atoms with van der Waals surface area (Å²) in [5.41, 5.74) is 8.48. The Hall–Kier alpha value is -1.29. The van der Waals surface area contributed by atoms with E-state index in [4.69, 9.17) is 5.73 Å². The molecule has 2 rings (SSSR count). The van der Waals surface area contributed by atoms with Crippen molar-refractivity contribution in [2.45, 2.75) is 6.92 Å². The molecule has 0 unspecified atom stereocenters. The van der Waals surface area contributed by atoms with Crippen molar-refractivity contribution in [3.05, 3.63) is 40.6 Å². The minimum absolute atomic E-state index is 0.671. The number of anilines is 1. The van der Waals surface area contributed by atoms with Gasteiger partial charge in [0.2, 0.25) is 0 Å². The lowest BCUT2D eigenvalue weighted by Gasteiger charge is -2.05. The van der Waals surface area contributed by atoms with Crippen molar-refractivity contribution in [2.24, 2.45) is 0 Å². The van der Waals surface area contributed by atoms with Gasteiger partial charge in [0, 0.05) is 4.47 Å². The van der Waals surface area contributed by atoms with Gasteiger partial charge in [0.15, 0.2) is 0 Å². The van der Waals surface area contributed by atoms with E-state index in [-0.39, 0.29) is 0 Å². The van der Waals surface area contributed by atoms with Crippen LogP contribution in [0, 0.1) is 6.92 Å². The van der Waals surface area contributed by atoms with Crippen molar-refractivity contribution < 1.29 is 0 Å². The van der Waals surface area contributed by atoms with E-state index in [2.05, 4.69) is 21.0 Å². The lowest BCUT2D eigenvalue weighted by Crippen LogP contribution is -1.97. The third-order valence-corrected chi connectivity index (χ3v) is 2.51. The van der Waals surface area contributed by atoms with Gasteiger partial charge in [0.1, 0.15) is 0 Å². The molecule has 1 heterocycles. The molecule has 0 saturated heterocycles. The van der Waals surface area contributed by atoms with Crippen LogP contribution in [-0.4, -0.2) is 9.78 Å². The van der Waals surface area contributed by atoms with Gasteiger partial charge in [0.05, 0.1) is 23.8 Å². The van der Waals surface area contributed by atoms with E-state index < -0.39 is 0 Å². The Balaban J connectivity index is 2.55. The minimum Gasteiger partial charge on any atom is -0.396 e. The summed E-state index contributed by atoms with van der Waals surface area (Å²) in [6.07, 6.45) is 3.44. The normalized spacial score (nSPS) is 10.4. The molecular weight excluding hydrogens is 242 g/mol. The number of hydrogen-bond donors (Lipinski definition) is 1. The second kappa shape index (κ2) is 3.46. The van der Waals surface area contributed by atoms with Crippen LogP contribution in [-0.2, 0) is 0 Å². The molecule has 1 aromatic heterocycles. The Morgan fingerprint density at radius 1 is 1.43 bits per heavy atom. The van der Waals surface area contributed by atoms with Crippen LogP contribution in [0.3, 0.4) is 0 Å². The average Bonchev–Trinajstić information content (AvgIpc) is 2.56. The summed E-state index contributed by atoms with van der Waals surface area (Å²) in [6.45, 7) is 2.04. The SMILES string of the molecule is Cc1ccc(Br)cc1-n1cc(N)cn1. The van der Waals surface area contributed by atoms with E-state index in [0.29, 0.717) is 5.69 Å². The summed E-state index contributed by atoms with van der Waals surface area (Å²) < 4.78 is 2.81. The third-order valence-electron chi connectivity index (χ3n) is 2.02. The predicted molar refractivity (Wildman–Crippen MR) is 60.4 cm³/mol. The van der Waals surface area contributed by atoms with E-state index in [1.165, 1.54) is 0 Å². The average molecular weight is 252 g/mol. The van der Waals surface area contributed by atoms with Crippen molar-refractivity contribution in [1.82, 2.24) is 9.78 Å². The fourth-order valence-corrected chi connectivity index (χ4v) is 1.65. The van der Waals surface area contributed by atoms with Gasteiger partial charge in [-0.1, -0.05) is 22.0 Å². The van der Waals surface area contributed by atoms with E-state index >= 15 is 0 Å². The molecule has 1 aromatic carbocycles. The van der Waals surface area contributed by atoms with E-state index in [0.717, 1.165) is 15.7 Å². The highest BCUT2D eigenvalue weighted by Crippen LogP contribution is 2.19. The molecule has 2 N–H and O–H groups in total. The van der Waals surface area contributed by atoms with E-state index in [9.17, 15) is 0 Å². The Morgan fingerprint density at radius 2 is 2.21 bits per heavy atom. The zero-order chi connectivity index (χ0) is 10.1. The molecule has 0 atom stereocenters. The molecule has 0 aliphatic heterocycles. The number of benzene rings is 1. The van der Waals surface area contributed by atoms with Crippen molar-refractivity contribution in [3.8, 4) is 5.69 Å². The molecule has 3 nitrogen and oxygen atoms in total. The maximum atomic E-state index is 5.61. The minimum atomic E-state index is 0.671. The van der Waals surface area contributed by atoms with Gasteiger partial charge >= 0.3 is 0 Å². The first-order valence-corrected chi connectivity index (χ1v) is 5.03. The number of halogens is 1. The fraction of sp³-hybridized carbons (Fsp3) is 0.100. The highest BCUT2D eigenvalue weighted by molar-refractivity contribution is 9.10. The molecule has 0 fully saturated rings. The molecule has 0 bridgehead atoms. The van der Waals surface area contributed by atoms with Crippen LogP contribution < -0.4 is 5.73 Å². The molecule has 0 aliphatic rings. The van der Waals surface area contributed by atoms with Crippen molar-refractivity contribution in [2.75, 3.05) is 5.73 Å². The summed E-state index contributed by atoms with van der Waals surface area (Å²) in [5, 5.41) is 4.16. The van der Waals surface area contributed by atoms with Gasteiger partial charge in [-0.2, -0.15) is 5.10 Å². The quantitative estimate of drug-likeness (QED) is 0.847. The standard InChI is InChI=1S/C10H10BrN3/c1-7-2-3-8(11)4-10(7)14-6-9(12)5-13-14/h2-6H,12H2,1H3. The van der Waals surface area contributed by atoms with E-state index in [1.54, 1.807) is 17.1 Å². The second-order valence-electron chi connectivity index (χ2n) is 3.15. The third kappa shape index (κ3) is 1.65. The molecule has 0 spiro atoms. The number of hydrogen-bond acceptors (Lipinski definition) is 2. The van der Waals surface area contributed by atoms with Gasteiger partial charge in [-0.3, -0.25) is 0 Å². The zero-order valence-electron chi connectivity index (χ0n) is 7.74. The van der Waals surface area contributed by atoms with Crippen molar-refractivity contribution in [3.63, 3.8) is 0 Å². The summed E-state index contributed by atoms with van der Waals surface area (Å²) in [4.78, 5) is 0. The Kier molecular flexibility index (Phi) is 2.29. The molecule has 0 saturated carbocycles. The Bertz CT molecular complexity index is 462. The lowest BCUT2D eigenvalue weighted by atomic mass is 10.2. The summed E-state index contributed by atoms with van der Waals surface area (Å²) in [5.74, 6) is 0. The van der Waals surface area contributed by atoms with Crippen molar-refractivity contribution in [1.29, 1.82) is 0 Å². The van der Waals surface area contributed by atoms with Crippen LogP contribution in [0.15, 0.2) is 35.1 Å². The lowest BCUT2D eigenvalue weighted by molar-refractivity contribution is 0.872. The maximum Gasteiger partial charge on any atom is 0.0724 e. The molecular formula is C10H10BrN3. The first kappa shape index (κ1) is 9.27. The molecule has 0 amide bonds. The van der Waals surface area contributed by atoms with Crippen molar-refractivity contribution >= 4 is 21.6 Å². The summed E-state index contributed by atoms with van der Waals surface area (Å²) >= 11 is 3.43. The van der Waals surface area contributed by atoms with Crippen LogP contribution in [0.25, 0.3) is 5.69 Å². The van der Waals surface area contributed by atoms with Crippen LogP contribution >= 0.6 is 15.9 Å². The molecule has 0 radical (unpaired) electrons. The molecule has 4 heteroatoms. The van der Waals surface area contributed by atoms with Gasteiger partial charge in [0.25, 0.3) is 0 Å². The highest BCUT2D eigenvalue weighted by atomic mass is 79.9. The number of rotatable bonds is 1. The zero-order valence-corrected chi connectivity index (χ0v) is 9.32. The van der Waals surface area contributed by atoms with Crippen LogP contribution in [0.2, 0.25) is 0 Å².